The van der Waals surface area contributed by atoms with Crippen LogP contribution in [-0.4, -0.2) is 19.8 Å². The molecule has 0 aliphatic carbocycles. The summed E-state index contributed by atoms with van der Waals surface area (Å²) in [5.41, 5.74) is 1.65. The van der Waals surface area contributed by atoms with Crippen LogP contribution in [0.1, 0.15) is 11.4 Å². The van der Waals surface area contributed by atoms with Crippen molar-refractivity contribution in [2.45, 2.75) is 0 Å². The van der Waals surface area contributed by atoms with E-state index in [0.29, 0.717) is 28.0 Å². The van der Waals surface area contributed by atoms with Crippen molar-refractivity contribution in [1.29, 1.82) is 0 Å². The highest BCUT2D eigenvalue weighted by Crippen LogP contribution is 2.24. The van der Waals surface area contributed by atoms with Crippen LogP contribution in [0.15, 0.2) is 77.6 Å². The Morgan fingerprint density at radius 1 is 0.852 bits per heavy atom. The highest BCUT2D eigenvalue weighted by atomic mass is 16.3. The maximum atomic E-state index is 13.1. The Balaban J connectivity index is 1.93. The lowest BCUT2D eigenvalue weighted by Gasteiger charge is -2.11. The average molecular weight is 356 g/mol. The summed E-state index contributed by atoms with van der Waals surface area (Å²) in [6.07, 6.45) is 3.33. The zero-order valence-electron chi connectivity index (χ0n) is 14.3. The van der Waals surface area contributed by atoms with E-state index in [0.717, 1.165) is 0 Å². The summed E-state index contributed by atoms with van der Waals surface area (Å²) >= 11 is 0. The lowest BCUT2D eigenvalue weighted by Crippen LogP contribution is -2.22. The van der Waals surface area contributed by atoms with Crippen LogP contribution in [0.25, 0.3) is 28.7 Å². The third kappa shape index (κ3) is 3.18. The first-order valence-electron chi connectivity index (χ1n) is 8.41. The van der Waals surface area contributed by atoms with Gasteiger partial charge in [0.2, 0.25) is 0 Å². The Hall–Kier alpha value is -3.86. The number of nitrogens with zero attached hydrogens (tertiary/aromatic N) is 2. The standard InChI is InChI=1S/C22H16N2O3/c25-17-12-10-15(20(26)14-17)11-13-21-23-19-9-5-4-8-18(19)22(27)24(21)16-6-2-1-3-7-16/h1-14,25-26H. The van der Waals surface area contributed by atoms with Crippen LogP contribution in [0.3, 0.4) is 0 Å². The van der Waals surface area contributed by atoms with Crippen LogP contribution in [0.2, 0.25) is 0 Å². The fourth-order valence-electron chi connectivity index (χ4n) is 2.93. The van der Waals surface area contributed by atoms with E-state index in [9.17, 15) is 15.0 Å². The molecule has 5 nitrogen and oxygen atoms in total. The van der Waals surface area contributed by atoms with E-state index in [4.69, 9.17) is 0 Å². The summed E-state index contributed by atoms with van der Waals surface area (Å²) in [7, 11) is 0. The van der Waals surface area contributed by atoms with E-state index >= 15 is 0 Å². The van der Waals surface area contributed by atoms with Gasteiger partial charge in [0.05, 0.1) is 16.6 Å². The fourth-order valence-corrected chi connectivity index (χ4v) is 2.93. The van der Waals surface area contributed by atoms with Gasteiger partial charge < -0.3 is 10.2 Å². The maximum absolute atomic E-state index is 13.1. The zero-order valence-corrected chi connectivity index (χ0v) is 14.3. The van der Waals surface area contributed by atoms with Crippen molar-refractivity contribution >= 4 is 23.1 Å². The molecule has 5 heteroatoms. The minimum absolute atomic E-state index is 0.0188. The molecule has 0 fully saturated rings. The van der Waals surface area contributed by atoms with Gasteiger partial charge in [-0.1, -0.05) is 30.3 Å². The lowest BCUT2D eigenvalue weighted by molar-refractivity contribution is 0.450. The van der Waals surface area contributed by atoms with Gasteiger partial charge in [-0.05, 0) is 48.6 Å². The summed E-state index contributed by atoms with van der Waals surface area (Å²) in [6, 6.07) is 20.8. The molecule has 0 aliphatic rings. The van der Waals surface area contributed by atoms with E-state index in [2.05, 4.69) is 4.98 Å². The summed E-state index contributed by atoms with van der Waals surface area (Å²) in [5, 5.41) is 19.9. The molecule has 2 N–H and O–H groups in total. The van der Waals surface area contributed by atoms with Gasteiger partial charge in [0, 0.05) is 11.6 Å². The van der Waals surface area contributed by atoms with Crippen molar-refractivity contribution in [3.05, 3.63) is 94.5 Å². The van der Waals surface area contributed by atoms with Crippen LogP contribution in [0, 0.1) is 0 Å². The van der Waals surface area contributed by atoms with Crippen LogP contribution in [-0.2, 0) is 0 Å². The molecule has 0 radical (unpaired) electrons. The minimum atomic E-state index is -0.165. The Labute approximate surface area is 155 Å². The first-order chi connectivity index (χ1) is 13.1. The highest BCUT2D eigenvalue weighted by Gasteiger charge is 2.10. The topological polar surface area (TPSA) is 75.3 Å². The molecule has 4 rings (SSSR count). The van der Waals surface area contributed by atoms with Gasteiger partial charge in [0.25, 0.3) is 5.56 Å². The summed E-state index contributed by atoms with van der Waals surface area (Å²) in [4.78, 5) is 17.7. The monoisotopic (exact) mass is 356 g/mol. The number of phenolic OH excluding ortho intramolecular Hbond substituents is 2. The molecule has 0 saturated heterocycles. The van der Waals surface area contributed by atoms with Gasteiger partial charge in [-0.15, -0.1) is 0 Å². The normalized spacial score (nSPS) is 11.3. The van der Waals surface area contributed by atoms with Gasteiger partial charge in [-0.25, -0.2) is 4.98 Å². The van der Waals surface area contributed by atoms with E-state index in [-0.39, 0.29) is 17.1 Å². The molecule has 0 aliphatic heterocycles. The zero-order chi connectivity index (χ0) is 18.8. The molecule has 0 saturated carbocycles. The SMILES string of the molecule is O=c1c2ccccc2nc(C=Cc2ccc(O)cc2O)n1-c1ccccc1. The maximum Gasteiger partial charge on any atom is 0.266 e. The van der Waals surface area contributed by atoms with Crippen molar-refractivity contribution in [3.63, 3.8) is 0 Å². The molecule has 0 unspecified atom stereocenters. The fraction of sp³-hybridized carbons (Fsp3) is 0. The number of phenols is 2. The van der Waals surface area contributed by atoms with Gasteiger partial charge in [0.15, 0.2) is 0 Å². The average Bonchev–Trinajstić information content (AvgIpc) is 2.68. The largest absolute Gasteiger partial charge is 0.508 e. The molecule has 0 amide bonds. The van der Waals surface area contributed by atoms with Crippen LogP contribution >= 0.6 is 0 Å². The highest BCUT2D eigenvalue weighted by molar-refractivity contribution is 5.80. The molecule has 0 spiro atoms. The van der Waals surface area contributed by atoms with Gasteiger partial charge >= 0.3 is 0 Å². The molecular formula is C22H16N2O3. The molecule has 1 heterocycles. The van der Waals surface area contributed by atoms with Gasteiger partial charge in [-0.3, -0.25) is 9.36 Å². The second kappa shape index (κ2) is 6.80. The molecular weight excluding hydrogens is 340 g/mol. The quantitative estimate of drug-likeness (QED) is 0.582. The summed E-state index contributed by atoms with van der Waals surface area (Å²) in [5.74, 6) is 0.368. The smallest absolute Gasteiger partial charge is 0.266 e. The third-order valence-corrected chi connectivity index (χ3v) is 4.24. The Kier molecular flexibility index (Phi) is 4.18. The molecule has 27 heavy (non-hydrogen) atoms. The number of aromatic hydroxyl groups is 2. The number of benzene rings is 3. The van der Waals surface area contributed by atoms with Crippen molar-refractivity contribution in [1.82, 2.24) is 9.55 Å². The number of fused-ring (bicyclic) bond motifs is 1. The van der Waals surface area contributed by atoms with Crippen LogP contribution < -0.4 is 5.56 Å². The molecule has 4 aromatic rings. The Bertz CT molecular complexity index is 1210. The molecule has 132 valence electrons. The van der Waals surface area contributed by atoms with Gasteiger partial charge in [-0.2, -0.15) is 0 Å². The van der Waals surface area contributed by atoms with Crippen molar-refractivity contribution in [2.75, 3.05) is 0 Å². The predicted molar refractivity (Wildman–Crippen MR) is 106 cm³/mol. The van der Waals surface area contributed by atoms with E-state index in [1.165, 1.54) is 16.7 Å². The number of hydrogen-bond donors (Lipinski definition) is 2. The number of aromatic nitrogens is 2. The van der Waals surface area contributed by atoms with Crippen molar-refractivity contribution < 1.29 is 10.2 Å². The molecule has 0 bridgehead atoms. The summed E-state index contributed by atoms with van der Waals surface area (Å²) < 4.78 is 1.54. The van der Waals surface area contributed by atoms with E-state index in [1.54, 1.807) is 30.4 Å². The first-order valence-corrected chi connectivity index (χ1v) is 8.41. The van der Waals surface area contributed by atoms with E-state index in [1.807, 2.05) is 42.5 Å². The molecule has 1 aromatic heterocycles. The summed E-state index contributed by atoms with van der Waals surface area (Å²) in [6.45, 7) is 0. The second-order valence-corrected chi connectivity index (χ2v) is 6.04. The third-order valence-electron chi connectivity index (χ3n) is 4.24. The molecule has 0 atom stereocenters. The number of rotatable bonds is 3. The van der Waals surface area contributed by atoms with Gasteiger partial charge in [0.1, 0.15) is 17.3 Å². The lowest BCUT2D eigenvalue weighted by atomic mass is 10.1. The first kappa shape index (κ1) is 16.6. The van der Waals surface area contributed by atoms with Crippen molar-refractivity contribution in [2.24, 2.45) is 0 Å². The van der Waals surface area contributed by atoms with E-state index < -0.39 is 0 Å². The minimum Gasteiger partial charge on any atom is -0.508 e. The van der Waals surface area contributed by atoms with Crippen LogP contribution in [0.4, 0.5) is 0 Å². The second-order valence-electron chi connectivity index (χ2n) is 6.04. The number of hydrogen-bond acceptors (Lipinski definition) is 4. The Morgan fingerprint density at radius 2 is 1.59 bits per heavy atom. The molecule has 3 aromatic carbocycles. The predicted octanol–water partition coefficient (Wildman–Crippen LogP) is 3.97. The number of para-hydroxylation sites is 2. The van der Waals surface area contributed by atoms with Crippen molar-refractivity contribution in [3.8, 4) is 17.2 Å². The Morgan fingerprint density at radius 3 is 2.37 bits per heavy atom. The van der Waals surface area contributed by atoms with Crippen LogP contribution in [0.5, 0.6) is 11.5 Å².